The van der Waals surface area contributed by atoms with E-state index in [-0.39, 0.29) is 39.5 Å². The number of hydrogen-bond acceptors (Lipinski definition) is 7. The summed E-state index contributed by atoms with van der Waals surface area (Å²) in [6.45, 7) is 20.9. The van der Waals surface area contributed by atoms with Crippen molar-refractivity contribution >= 4 is 45.8 Å². The van der Waals surface area contributed by atoms with Crippen molar-refractivity contribution in [1.29, 1.82) is 0 Å². The van der Waals surface area contributed by atoms with Crippen LogP contribution in [0.2, 0.25) is 36.3 Å². The minimum atomic E-state index is -2.35. The van der Waals surface area contributed by atoms with Crippen LogP contribution in [0, 0.1) is 5.41 Å². The third kappa shape index (κ3) is 5.80. The molecule has 1 unspecified atom stereocenters. The number of imidazole rings is 1. The van der Waals surface area contributed by atoms with E-state index in [9.17, 15) is 19.8 Å². The van der Waals surface area contributed by atoms with Crippen LogP contribution >= 0.6 is 12.2 Å². The second-order valence-electron chi connectivity index (χ2n) is 12.7. The number of hydrogen-bond donors (Lipinski definition) is 2. The monoisotopic (exact) mass is 558 g/mol. The van der Waals surface area contributed by atoms with Crippen LogP contribution in [0.1, 0.15) is 72.9 Å². The summed E-state index contributed by atoms with van der Waals surface area (Å²) in [7, 11) is -4.69. The van der Waals surface area contributed by atoms with E-state index in [1.807, 2.05) is 0 Å². The smallest absolute Gasteiger partial charge is 0.324 e. The molecule has 0 amide bonds. The number of rotatable bonds is 8. The van der Waals surface area contributed by atoms with E-state index in [4.69, 9.17) is 25.9 Å². The fourth-order valence-corrected chi connectivity index (χ4v) is 5.62. The Balaban J connectivity index is 2.57. The minimum absolute atomic E-state index is 0.0298. The molecule has 1 fully saturated rings. The van der Waals surface area contributed by atoms with Crippen LogP contribution in [0.5, 0.6) is 5.88 Å². The van der Waals surface area contributed by atoms with Crippen LogP contribution in [0.3, 0.4) is 0 Å². The zero-order chi connectivity index (χ0) is 27.9. The molecule has 1 aliphatic carbocycles. The third-order valence-corrected chi connectivity index (χ3v) is 16.9. The van der Waals surface area contributed by atoms with Gasteiger partial charge < -0.3 is 23.9 Å². The highest BCUT2D eigenvalue weighted by atomic mass is 32.1. The topological polar surface area (TPSA) is 120 Å². The van der Waals surface area contributed by atoms with Crippen molar-refractivity contribution < 1.29 is 33.5 Å². The molecule has 0 aliphatic heterocycles. The van der Waals surface area contributed by atoms with Gasteiger partial charge in [-0.3, -0.25) is 9.59 Å². The highest BCUT2D eigenvalue weighted by Crippen LogP contribution is 2.42. The lowest BCUT2D eigenvalue weighted by molar-refractivity contribution is -0.176. The van der Waals surface area contributed by atoms with Crippen LogP contribution in [0.15, 0.2) is 6.33 Å². The first-order chi connectivity index (χ1) is 16.2. The van der Waals surface area contributed by atoms with E-state index in [0.717, 1.165) is 0 Å². The number of nitrogens with zero attached hydrogens (tertiary/aromatic N) is 2. The Morgan fingerprint density at radius 2 is 1.56 bits per heavy atom. The van der Waals surface area contributed by atoms with Gasteiger partial charge in [-0.15, -0.1) is 0 Å². The molecule has 0 radical (unpaired) electrons. The summed E-state index contributed by atoms with van der Waals surface area (Å²) in [5.41, 5.74) is -1.80. The van der Waals surface area contributed by atoms with Crippen molar-refractivity contribution in [1.82, 2.24) is 9.71 Å². The molecule has 204 valence electrons. The maximum Gasteiger partial charge on any atom is 0.324 e. The van der Waals surface area contributed by atoms with Crippen LogP contribution in [-0.4, -0.2) is 59.7 Å². The van der Waals surface area contributed by atoms with Gasteiger partial charge in [-0.05, 0) is 67.7 Å². The largest absolute Gasteiger partial charge is 0.529 e. The second-order valence-corrected chi connectivity index (χ2v) is 22.5. The van der Waals surface area contributed by atoms with Gasteiger partial charge in [0.2, 0.25) is 16.3 Å². The molecule has 0 spiro atoms. The first-order valence-corrected chi connectivity index (χ1v) is 18.5. The first kappa shape index (κ1) is 30.3. The van der Waals surface area contributed by atoms with E-state index in [2.05, 4.69) is 72.7 Å². The first-order valence-electron chi connectivity index (χ1n) is 12.3. The average Bonchev–Trinajstić information content (AvgIpc) is 3.06. The van der Waals surface area contributed by atoms with E-state index in [0.29, 0.717) is 12.8 Å². The van der Waals surface area contributed by atoms with Crippen LogP contribution in [0.25, 0.3) is 0 Å². The Kier molecular flexibility index (Phi) is 8.49. The van der Waals surface area contributed by atoms with Crippen LogP contribution in [0.4, 0.5) is 0 Å². The molecule has 0 saturated heterocycles. The Morgan fingerprint density at radius 3 is 2.03 bits per heavy atom. The number of carboxylic acid groups (broad SMARTS) is 2. The Bertz CT molecular complexity index is 950. The molecule has 0 bridgehead atoms. The van der Waals surface area contributed by atoms with Crippen molar-refractivity contribution in [2.24, 2.45) is 5.41 Å². The highest BCUT2D eigenvalue weighted by Gasteiger charge is 2.56. The predicted octanol–water partition coefficient (Wildman–Crippen LogP) is 5.49. The highest BCUT2D eigenvalue weighted by molar-refractivity contribution is 7.80. The summed E-state index contributed by atoms with van der Waals surface area (Å²) < 4.78 is 20.4. The van der Waals surface area contributed by atoms with Crippen molar-refractivity contribution in [2.45, 2.75) is 110 Å². The van der Waals surface area contributed by atoms with Gasteiger partial charge >= 0.3 is 11.9 Å². The summed E-state index contributed by atoms with van der Waals surface area (Å²) in [6.07, 6.45) is 1.72. The summed E-state index contributed by atoms with van der Waals surface area (Å²) in [4.78, 5) is 28.8. The number of aliphatic carboxylic acids is 2. The summed E-state index contributed by atoms with van der Waals surface area (Å²) >= 11 is 5.67. The fraction of sp³-hybridized carbons (Fsp3) is 0.750. The van der Waals surface area contributed by atoms with Gasteiger partial charge in [0.05, 0.1) is 0 Å². The molecule has 1 atom stereocenters. The Morgan fingerprint density at radius 1 is 1.03 bits per heavy atom. The Hall–Kier alpha value is -1.93. The molecule has 2 N–H and O–H groups in total. The van der Waals surface area contributed by atoms with E-state index < -0.39 is 40.1 Å². The molecule has 1 aliphatic rings. The van der Waals surface area contributed by atoms with E-state index >= 15 is 0 Å². The third-order valence-electron chi connectivity index (χ3n) is 8.04. The molecule has 12 heteroatoms. The van der Waals surface area contributed by atoms with Gasteiger partial charge in [-0.2, -0.15) is 9.71 Å². The summed E-state index contributed by atoms with van der Waals surface area (Å²) in [5.74, 6) is -2.60. The molecule has 2 rings (SSSR count). The molecule has 1 aromatic rings. The van der Waals surface area contributed by atoms with Gasteiger partial charge in [0.25, 0.3) is 16.6 Å². The standard InChI is InChI=1S/C24H42N2O7SSi2/c1-22(2,3)35(7,8)32-18-17(26(15-25-18)33-36(9,10)23(4,5)6)19(34)31-16-13-11-12-14-24(16,20(27)28)21(29)30/h15-16H,11-14H2,1-10H3,(H,27,28)(H,29,30). The van der Waals surface area contributed by atoms with Crippen LogP contribution < -0.4 is 8.95 Å². The minimum Gasteiger partial charge on any atom is -0.529 e. The lowest BCUT2D eigenvalue weighted by atomic mass is 9.71. The number of aromatic nitrogens is 2. The maximum atomic E-state index is 12.2. The van der Waals surface area contributed by atoms with E-state index in [1.54, 1.807) is 0 Å². The van der Waals surface area contributed by atoms with Gasteiger partial charge in [-0.1, -0.05) is 48.0 Å². The normalized spacial score (nSPS) is 18.9. The molecular weight excluding hydrogens is 517 g/mol. The maximum absolute atomic E-state index is 12.2. The number of ether oxygens (including phenoxy) is 1. The van der Waals surface area contributed by atoms with Gasteiger partial charge in [0.1, 0.15) is 12.4 Å². The molecule has 9 nitrogen and oxygen atoms in total. The number of thiocarbonyl (C=S) groups is 1. The SMILES string of the molecule is CC(C)(C)[Si](C)(C)Oc1ncn(O[Si](C)(C)C(C)(C)C)c1C(=S)OC1CCCCC1(C(=O)O)C(=O)O. The summed E-state index contributed by atoms with van der Waals surface area (Å²) in [6, 6.07) is 0. The second kappa shape index (κ2) is 10.1. The van der Waals surface area contributed by atoms with Crippen molar-refractivity contribution in [3.8, 4) is 5.88 Å². The van der Waals surface area contributed by atoms with Gasteiger partial charge in [0, 0.05) is 0 Å². The van der Waals surface area contributed by atoms with Crippen molar-refractivity contribution in [2.75, 3.05) is 0 Å². The van der Waals surface area contributed by atoms with E-state index in [1.165, 1.54) is 11.1 Å². The quantitative estimate of drug-likeness (QED) is 0.242. The predicted molar refractivity (Wildman–Crippen MR) is 147 cm³/mol. The lowest BCUT2D eigenvalue weighted by Gasteiger charge is -2.38. The number of carbonyl (C=O) groups is 2. The Labute approximate surface area is 221 Å². The van der Waals surface area contributed by atoms with Gasteiger partial charge in [-0.25, -0.2) is 0 Å². The molecule has 36 heavy (non-hydrogen) atoms. The van der Waals surface area contributed by atoms with Crippen molar-refractivity contribution in [3.63, 3.8) is 0 Å². The number of carboxylic acids is 2. The zero-order valence-corrected chi connectivity index (χ0v) is 26.0. The van der Waals surface area contributed by atoms with Gasteiger partial charge in [0.15, 0.2) is 5.69 Å². The molecule has 0 aromatic carbocycles. The molecule has 1 saturated carbocycles. The fourth-order valence-electron chi connectivity index (χ4n) is 3.48. The zero-order valence-electron chi connectivity index (χ0n) is 23.2. The summed E-state index contributed by atoms with van der Waals surface area (Å²) in [5, 5.41) is 19.5. The average molecular weight is 559 g/mol. The molecule has 1 heterocycles. The van der Waals surface area contributed by atoms with Crippen molar-refractivity contribution in [3.05, 3.63) is 12.0 Å². The molecule has 1 aromatic heterocycles. The molecular formula is C24H42N2O7SSi2. The lowest BCUT2D eigenvalue weighted by Crippen LogP contribution is -2.53. The van der Waals surface area contributed by atoms with Crippen LogP contribution in [-0.2, 0) is 14.3 Å².